The number of aromatic nitrogens is 2. The first-order chi connectivity index (χ1) is 9.72. The van der Waals surface area contributed by atoms with Gasteiger partial charge in [0.05, 0.1) is 21.7 Å². The molecule has 0 saturated heterocycles. The summed E-state index contributed by atoms with van der Waals surface area (Å²) in [4.78, 5) is 4.68. The first kappa shape index (κ1) is 13.5. The topological polar surface area (TPSA) is 17.8 Å². The molecule has 3 rings (SSSR count). The summed E-state index contributed by atoms with van der Waals surface area (Å²) in [5.41, 5.74) is 4.13. The van der Waals surface area contributed by atoms with Crippen LogP contribution in [-0.2, 0) is 6.42 Å². The number of fused-ring (bicyclic) bond motifs is 1. The Kier molecular flexibility index (Phi) is 3.68. The van der Waals surface area contributed by atoms with Crippen molar-refractivity contribution >= 4 is 34.2 Å². The van der Waals surface area contributed by atoms with Crippen molar-refractivity contribution in [2.45, 2.75) is 13.3 Å². The quantitative estimate of drug-likeness (QED) is 0.637. The molecule has 2 nitrogen and oxygen atoms in total. The fraction of sp³-hybridized carbons (Fsp3) is 0.188. The summed E-state index contributed by atoms with van der Waals surface area (Å²) < 4.78 is 2.12. The molecular formula is C16H14Cl2N2. The number of halogens is 2. The van der Waals surface area contributed by atoms with Gasteiger partial charge in [-0.25, -0.2) is 4.98 Å². The van der Waals surface area contributed by atoms with Crippen LogP contribution in [0.15, 0.2) is 42.5 Å². The van der Waals surface area contributed by atoms with Gasteiger partial charge < -0.3 is 0 Å². The lowest BCUT2D eigenvalue weighted by Crippen LogP contribution is -2.04. The lowest BCUT2D eigenvalue weighted by molar-refractivity contribution is 0.907. The van der Waals surface area contributed by atoms with Crippen molar-refractivity contribution in [1.82, 2.24) is 9.55 Å². The Morgan fingerprint density at radius 2 is 1.90 bits per heavy atom. The maximum Gasteiger partial charge on any atom is 0.115 e. The number of para-hydroxylation sites is 3. The van der Waals surface area contributed by atoms with E-state index in [0.717, 1.165) is 33.1 Å². The van der Waals surface area contributed by atoms with E-state index in [-0.39, 0.29) is 0 Å². The summed E-state index contributed by atoms with van der Waals surface area (Å²) in [6.07, 6.45) is 0.709. The Balaban J connectivity index is 2.36. The van der Waals surface area contributed by atoms with Gasteiger partial charge in [0.15, 0.2) is 0 Å². The molecule has 0 N–H and O–H groups in total. The Labute approximate surface area is 128 Å². The molecule has 1 heterocycles. The summed E-state index contributed by atoms with van der Waals surface area (Å²) in [5.74, 6) is 1.48. The summed E-state index contributed by atoms with van der Waals surface area (Å²) >= 11 is 12.3. The normalized spacial score (nSPS) is 11.2. The fourth-order valence-corrected chi connectivity index (χ4v) is 2.96. The molecule has 102 valence electrons. The second-order valence-corrected chi connectivity index (χ2v) is 5.48. The van der Waals surface area contributed by atoms with E-state index in [1.807, 2.05) is 30.3 Å². The SMILES string of the molecule is Cc1cccc(Cl)c1-n1c(CCCl)nc2ccccc21. The summed E-state index contributed by atoms with van der Waals surface area (Å²) in [6.45, 7) is 2.06. The maximum absolute atomic E-state index is 6.41. The van der Waals surface area contributed by atoms with Gasteiger partial charge in [0.1, 0.15) is 5.82 Å². The van der Waals surface area contributed by atoms with Crippen LogP contribution < -0.4 is 0 Å². The number of imidazole rings is 1. The molecule has 0 aliphatic carbocycles. The van der Waals surface area contributed by atoms with E-state index in [1.54, 1.807) is 0 Å². The van der Waals surface area contributed by atoms with Gasteiger partial charge in [0, 0.05) is 12.3 Å². The van der Waals surface area contributed by atoms with Crippen LogP contribution in [0.3, 0.4) is 0 Å². The van der Waals surface area contributed by atoms with E-state index in [2.05, 4.69) is 28.6 Å². The number of aryl methyl sites for hydroxylation is 2. The molecule has 0 fully saturated rings. The van der Waals surface area contributed by atoms with Gasteiger partial charge in [-0.2, -0.15) is 0 Å². The maximum atomic E-state index is 6.41. The van der Waals surface area contributed by atoms with Crippen molar-refractivity contribution in [3.63, 3.8) is 0 Å². The summed E-state index contributed by atoms with van der Waals surface area (Å²) in [6, 6.07) is 14.0. The van der Waals surface area contributed by atoms with Crippen molar-refractivity contribution < 1.29 is 0 Å². The van der Waals surface area contributed by atoms with E-state index in [1.165, 1.54) is 0 Å². The summed E-state index contributed by atoms with van der Waals surface area (Å²) in [5, 5.41) is 0.726. The first-order valence-corrected chi connectivity index (χ1v) is 7.41. The Morgan fingerprint density at radius 1 is 1.10 bits per heavy atom. The highest BCUT2D eigenvalue weighted by Gasteiger charge is 2.15. The molecule has 0 aliphatic heterocycles. The van der Waals surface area contributed by atoms with Crippen molar-refractivity contribution in [3.8, 4) is 5.69 Å². The Morgan fingerprint density at radius 3 is 2.65 bits per heavy atom. The zero-order valence-corrected chi connectivity index (χ0v) is 12.6. The van der Waals surface area contributed by atoms with Crippen LogP contribution in [0.2, 0.25) is 5.02 Å². The van der Waals surface area contributed by atoms with Gasteiger partial charge in [-0.15, -0.1) is 11.6 Å². The standard InChI is InChI=1S/C16H14Cl2N2/c1-11-5-4-6-12(18)16(11)20-14-8-3-2-7-13(14)19-15(20)9-10-17/h2-8H,9-10H2,1H3. The average molecular weight is 305 g/mol. The van der Waals surface area contributed by atoms with E-state index in [9.17, 15) is 0 Å². The molecule has 0 radical (unpaired) electrons. The number of hydrogen-bond donors (Lipinski definition) is 0. The lowest BCUT2D eigenvalue weighted by Gasteiger charge is -2.13. The number of rotatable bonds is 3. The zero-order chi connectivity index (χ0) is 14.1. The van der Waals surface area contributed by atoms with Gasteiger partial charge in [-0.1, -0.05) is 35.9 Å². The molecule has 0 amide bonds. The van der Waals surface area contributed by atoms with Gasteiger partial charge in [-0.3, -0.25) is 4.57 Å². The minimum absolute atomic E-state index is 0.535. The highest BCUT2D eigenvalue weighted by molar-refractivity contribution is 6.32. The smallest absolute Gasteiger partial charge is 0.115 e. The van der Waals surface area contributed by atoms with Crippen LogP contribution in [0.25, 0.3) is 16.7 Å². The van der Waals surface area contributed by atoms with E-state index in [4.69, 9.17) is 23.2 Å². The van der Waals surface area contributed by atoms with Crippen molar-refractivity contribution in [1.29, 1.82) is 0 Å². The van der Waals surface area contributed by atoms with E-state index >= 15 is 0 Å². The highest BCUT2D eigenvalue weighted by Crippen LogP contribution is 2.29. The first-order valence-electron chi connectivity index (χ1n) is 6.50. The molecule has 3 aromatic rings. The highest BCUT2D eigenvalue weighted by atomic mass is 35.5. The average Bonchev–Trinajstić information content (AvgIpc) is 2.78. The molecule has 0 aliphatic rings. The molecule has 0 atom stereocenters. The fourth-order valence-electron chi connectivity index (χ4n) is 2.48. The predicted octanol–water partition coefficient (Wildman–Crippen LogP) is 4.77. The van der Waals surface area contributed by atoms with Crippen LogP contribution >= 0.6 is 23.2 Å². The van der Waals surface area contributed by atoms with Crippen LogP contribution in [0.5, 0.6) is 0 Å². The zero-order valence-electron chi connectivity index (χ0n) is 11.1. The molecule has 4 heteroatoms. The van der Waals surface area contributed by atoms with Gasteiger partial charge in [0.2, 0.25) is 0 Å². The van der Waals surface area contributed by atoms with Crippen LogP contribution in [0.1, 0.15) is 11.4 Å². The van der Waals surface area contributed by atoms with Crippen molar-refractivity contribution in [2.75, 3.05) is 5.88 Å². The van der Waals surface area contributed by atoms with Crippen molar-refractivity contribution in [2.24, 2.45) is 0 Å². The molecule has 0 bridgehead atoms. The molecule has 0 unspecified atom stereocenters. The van der Waals surface area contributed by atoms with E-state index < -0.39 is 0 Å². The molecule has 2 aromatic carbocycles. The third-order valence-corrected chi connectivity index (χ3v) is 3.85. The second kappa shape index (κ2) is 5.47. The van der Waals surface area contributed by atoms with Crippen LogP contribution in [-0.4, -0.2) is 15.4 Å². The van der Waals surface area contributed by atoms with E-state index in [0.29, 0.717) is 12.3 Å². The summed E-state index contributed by atoms with van der Waals surface area (Å²) in [7, 11) is 0. The third kappa shape index (κ3) is 2.19. The Hall–Kier alpha value is -1.51. The number of hydrogen-bond acceptors (Lipinski definition) is 1. The number of alkyl halides is 1. The predicted molar refractivity (Wildman–Crippen MR) is 85.2 cm³/mol. The molecule has 0 spiro atoms. The molecule has 0 saturated carbocycles. The lowest BCUT2D eigenvalue weighted by atomic mass is 10.2. The van der Waals surface area contributed by atoms with Crippen LogP contribution in [0, 0.1) is 6.92 Å². The molecule has 20 heavy (non-hydrogen) atoms. The van der Waals surface area contributed by atoms with Gasteiger partial charge in [-0.05, 0) is 30.7 Å². The second-order valence-electron chi connectivity index (χ2n) is 4.70. The van der Waals surface area contributed by atoms with Gasteiger partial charge >= 0.3 is 0 Å². The minimum Gasteiger partial charge on any atom is -0.294 e. The minimum atomic E-state index is 0.535. The Bertz CT molecular complexity index is 742. The molecular weight excluding hydrogens is 291 g/mol. The monoisotopic (exact) mass is 304 g/mol. The largest absolute Gasteiger partial charge is 0.294 e. The van der Waals surface area contributed by atoms with Crippen molar-refractivity contribution in [3.05, 3.63) is 58.9 Å². The number of benzene rings is 2. The number of nitrogens with zero attached hydrogens (tertiary/aromatic N) is 2. The van der Waals surface area contributed by atoms with Gasteiger partial charge in [0.25, 0.3) is 0 Å². The third-order valence-electron chi connectivity index (χ3n) is 3.36. The van der Waals surface area contributed by atoms with Crippen LogP contribution in [0.4, 0.5) is 0 Å². The molecule has 1 aromatic heterocycles.